The van der Waals surface area contributed by atoms with Crippen LogP contribution in [0.3, 0.4) is 0 Å². The largest absolute Gasteiger partial charge is 0.359 e. The van der Waals surface area contributed by atoms with Gasteiger partial charge in [-0.1, -0.05) is 140 Å². The van der Waals surface area contributed by atoms with Crippen molar-refractivity contribution in [3.8, 4) is 16.8 Å². The van der Waals surface area contributed by atoms with E-state index in [1.165, 1.54) is 60.4 Å². The summed E-state index contributed by atoms with van der Waals surface area (Å²) < 4.78 is 2.52. The lowest BCUT2D eigenvalue weighted by molar-refractivity contribution is 0.781. The Morgan fingerprint density at radius 3 is 2.20 bits per heavy atom. The smallest absolute Gasteiger partial charge is 0.135 e. The molecule has 3 nitrogen and oxygen atoms in total. The quantitative estimate of drug-likeness (QED) is 0.207. The van der Waals surface area contributed by atoms with Crippen LogP contribution in [-0.4, -0.2) is 10.4 Å². The van der Waals surface area contributed by atoms with Crippen molar-refractivity contribution in [2.24, 2.45) is 4.99 Å². The molecule has 0 bridgehead atoms. The van der Waals surface area contributed by atoms with E-state index < -0.39 is 0 Å². The lowest BCUT2D eigenvalue weighted by atomic mass is 9.87. The highest BCUT2D eigenvalue weighted by molar-refractivity contribution is 6.16. The number of nitrogens with one attached hydrogen (secondary N) is 1. The van der Waals surface area contributed by atoms with Crippen LogP contribution < -0.4 is 5.32 Å². The van der Waals surface area contributed by atoms with Crippen LogP contribution in [-0.2, 0) is 12.8 Å². The highest BCUT2D eigenvalue weighted by atomic mass is 15.1. The molecule has 232 valence electrons. The highest BCUT2D eigenvalue weighted by Gasteiger charge is 2.27. The van der Waals surface area contributed by atoms with Gasteiger partial charge in [0.05, 0.1) is 17.3 Å². The first kappa shape index (κ1) is 27.9. The number of nitrogens with zero attached hydrogens (tertiary/aromatic N) is 2. The van der Waals surface area contributed by atoms with E-state index in [-0.39, 0.29) is 6.04 Å². The molecule has 1 aliphatic heterocycles. The molecule has 1 aromatic heterocycles. The molecule has 0 amide bonds. The zero-order valence-electron chi connectivity index (χ0n) is 27.0. The number of rotatable bonds is 4. The van der Waals surface area contributed by atoms with Crippen LogP contribution >= 0.6 is 0 Å². The number of aliphatic imine (C=N–C) groups is 1. The fraction of sp³-hybridized carbons (Fsp3) is 0.0652. The average Bonchev–Trinajstić information content (AvgIpc) is 3.53. The van der Waals surface area contributed by atoms with E-state index in [9.17, 15) is 0 Å². The summed E-state index contributed by atoms with van der Waals surface area (Å²) in [5.41, 5.74) is 12.3. The molecule has 0 spiro atoms. The van der Waals surface area contributed by atoms with E-state index in [2.05, 4.69) is 174 Å². The minimum absolute atomic E-state index is 0.0191. The molecule has 0 fully saturated rings. The Bertz CT molecular complexity index is 2630. The summed E-state index contributed by atoms with van der Waals surface area (Å²) in [5, 5.41) is 10.1. The minimum Gasteiger partial charge on any atom is -0.359 e. The van der Waals surface area contributed by atoms with Crippen molar-refractivity contribution < 1.29 is 0 Å². The van der Waals surface area contributed by atoms with Gasteiger partial charge < -0.3 is 9.88 Å². The first-order valence-corrected chi connectivity index (χ1v) is 17.1. The van der Waals surface area contributed by atoms with E-state index in [0.29, 0.717) is 0 Å². The minimum atomic E-state index is -0.0191. The monoisotopic (exact) mass is 627 g/mol. The second-order valence-electron chi connectivity index (χ2n) is 13.1. The van der Waals surface area contributed by atoms with E-state index >= 15 is 0 Å². The molecule has 1 atom stereocenters. The SMILES string of the molecule is C1=C(c2cccc(-n3c4c(c5c6ccccc6ccc53)-c3ccccc3CC4)c2)N=C(c2cccc3ccccc23)NC1c1ccccc1. The van der Waals surface area contributed by atoms with Crippen LogP contribution in [0.15, 0.2) is 169 Å². The second kappa shape index (κ2) is 11.2. The lowest BCUT2D eigenvalue weighted by Crippen LogP contribution is -2.31. The number of aryl methyl sites for hydroxylation is 1. The normalized spacial score (nSPS) is 15.4. The predicted molar refractivity (Wildman–Crippen MR) is 204 cm³/mol. The molecular formula is C46H33N3. The van der Waals surface area contributed by atoms with Crippen LogP contribution in [0, 0.1) is 0 Å². The third-order valence-electron chi connectivity index (χ3n) is 10.3. The molecule has 1 unspecified atom stereocenters. The maximum absolute atomic E-state index is 5.35. The Labute approximate surface area is 285 Å². The molecule has 1 N–H and O–H groups in total. The van der Waals surface area contributed by atoms with Crippen LogP contribution in [0.25, 0.3) is 55.0 Å². The molecule has 0 saturated heterocycles. The number of fused-ring (bicyclic) bond motifs is 8. The molecule has 8 aromatic rings. The Hall–Kier alpha value is -6.19. The van der Waals surface area contributed by atoms with Gasteiger partial charge in [0.2, 0.25) is 0 Å². The van der Waals surface area contributed by atoms with Crippen LogP contribution in [0.2, 0.25) is 0 Å². The summed E-state index contributed by atoms with van der Waals surface area (Å²) in [7, 11) is 0. The fourth-order valence-electron chi connectivity index (χ4n) is 8.08. The van der Waals surface area contributed by atoms with E-state index in [1.807, 2.05) is 0 Å². The maximum atomic E-state index is 5.35. The number of hydrogen-bond acceptors (Lipinski definition) is 2. The second-order valence-corrected chi connectivity index (χ2v) is 13.1. The maximum Gasteiger partial charge on any atom is 0.135 e. The zero-order valence-corrected chi connectivity index (χ0v) is 27.0. The summed E-state index contributed by atoms with van der Waals surface area (Å²) in [6.45, 7) is 0. The number of amidine groups is 1. The van der Waals surface area contributed by atoms with Gasteiger partial charge in [-0.2, -0.15) is 0 Å². The number of benzene rings is 7. The molecule has 0 saturated carbocycles. The molecular weight excluding hydrogens is 595 g/mol. The van der Waals surface area contributed by atoms with Gasteiger partial charge in [-0.3, -0.25) is 0 Å². The van der Waals surface area contributed by atoms with Gasteiger partial charge in [-0.15, -0.1) is 0 Å². The topological polar surface area (TPSA) is 29.3 Å². The molecule has 49 heavy (non-hydrogen) atoms. The van der Waals surface area contributed by atoms with Crippen LogP contribution in [0.1, 0.15) is 34.0 Å². The molecule has 0 radical (unpaired) electrons. The van der Waals surface area contributed by atoms with Crippen LogP contribution in [0.5, 0.6) is 0 Å². The van der Waals surface area contributed by atoms with Gasteiger partial charge >= 0.3 is 0 Å². The van der Waals surface area contributed by atoms with Crippen molar-refractivity contribution in [3.05, 3.63) is 192 Å². The standard InChI is InChI=1S/C46H33N3/c1-2-15-33(16-3-1)40-29-41(48-46(47-40)39-23-11-17-30-12-4-7-20-36(30)39)34-18-10-19-35(28-34)49-42-26-24-31-13-5-8-21-37(31)44(42)45-38-22-9-6-14-32(38)25-27-43(45)49/h1-24,26,28-29,40H,25,27H2,(H,47,48). The fourth-order valence-corrected chi connectivity index (χ4v) is 8.08. The van der Waals surface area contributed by atoms with Gasteiger partial charge in [0.1, 0.15) is 5.84 Å². The predicted octanol–water partition coefficient (Wildman–Crippen LogP) is 10.8. The summed E-state index contributed by atoms with van der Waals surface area (Å²) in [5.74, 6) is 0.889. The zero-order chi connectivity index (χ0) is 32.3. The van der Waals surface area contributed by atoms with E-state index in [0.717, 1.165) is 41.2 Å². The van der Waals surface area contributed by atoms with Crippen molar-refractivity contribution >= 4 is 44.0 Å². The van der Waals surface area contributed by atoms with Gasteiger partial charge in [0, 0.05) is 33.5 Å². The summed E-state index contributed by atoms with van der Waals surface area (Å²) in [6.07, 6.45) is 4.30. The van der Waals surface area contributed by atoms with Gasteiger partial charge in [-0.25, -0.2) is 4.99 Å². The Balaban J connectivity index is 1.18. The van der Waals surface area contributed by atoms with Crippen molar-refractivity contribution in [1.82, 2.24) is 9.88 Å². The van der Waals surface area contributed by atoms with E-state index in [4.69, 9.17) is 4.99 Å². The van der Waals surface area contributed by atoms with Crippen molar-refractivity contribution in [1.29, 1.82) is 0 Å². The van der Waals surface area contributed by atoms with E-state index in [1.54, 1.807) is 0 Å². The van der Waals surface area contributed by atoms with Crippen LogP contribution in [0.4, 0.5) is 0 Å². The summed E-state index contributed by atoms with van der Waals surface area (Å²) in [4.78, 5) is 5.35. The third-order valence-corrected chi connectivity index (χ3v) is 10.3. The van der Waals surface area contributed by atoms with Crippen molar-refractivity contribution in [2.75, 3.05) is 0 Å². The summed E-state index contributed by atoms with van der Waals surface area (Å²) in [6, 6.07) is 57.0. The van der Waals surface area contributed by atoms with Gasteiger partial charge in [0.25, 0.3) is 0 Å². The Morgan fingerprint density at radius 2 is 1.31 bits per heavy atom. The third kappa shape index (κ3) is 4.54. The van der Waals surface area contributed by atoms with Gasteiger partial charge in [0.15, 0.2) is 0 Å². The average molecular weight is 628 g/mol. The van der Waals surface area contributed by atoms with Crippen molar-refractivity contribution in [3.63, 3.8) is 0 Å². The first-order chi connectivity index (χ1) is 24.3. The molecule has 2 aliphatic rings. The molecule has 7 aromatic carbocycles. The molecule has 1 aliphatic carbocycles. The molecule has 2 heterocycles. The Morgan fingerprint density at radius 1 is 0.592 bits per heavy atom. The number of aromatic nitrogens is 1. The van der Waals surface area contributed by atoms with Crippen molar-refractivity contribution in [2.45, 2.75) is 18.9 Å². The van der Waals surface area contributed by atoms with Gasteiger partial charge in [-0.05, 0) is 75.4 Å². The lowest BCUT2D eigenvalue weighted by Gasteiger charge is -2.25. The molecule has 3 heteroatoms. The number of hydrogen-bond donors (Lipinski definition) is 1. The highest BCUT2D eigenvalue weighted by Crippen LogP contribution is 2.45. The Kier molecular flexibility index (Phi) is 6.38. The molecule has 10 rings (SSSR count). The first-order valence-electron chi connectivity index (χ1n) is 17.1. The summed E-state index contributed by atoms with van der Waals surface area (Å²) >= 11 is 0.